The number of nitrogens with zero attached hydrogens (tertiary/aromatic N) is 2. The van der Waals surface area contributed by atoms with Crippen LogP contribution in [0, 0.1) is 0 Å². The van der Waals surface area contributed by atoms with E-state index in [1.54, 1.807) is 13.1 Å². The third-order valence-corrected chi connectivity index (χ3v) is 2.21. The molecule has 1 rings (SSSR count). The van der Waals surface area contributed by atoms with Crippen molar-refractivity contribution in [1.29, 1.82) is 0 Å². The van der Waals surface area contributed by atoms with Gasteiger partial charge in [0.15, 0.2) is 5.82 Å². The number of hydrogen-bond acceptors (Lipinski definition) is 3. The van der Waals surface area contributed by atoms with Crippen molar-refractivity contribution in [2.45, 2.75) is 32.9 Å². The minimum absolute atomic E-state index is 0.100. The zero-order chi connectivity index (χ0) is 11.6. The van der Waals surface area contributed by atoms with Gasteiger partial charge in [-0.15, -0.1) is 0 Å². The first kappa shape index (κ1) is 11.8. The molecule has 5 nitrogen and oxygen atoms in total. The van der Waals surface area contributed by atoms with E-state index < -0.39 is 6.04 Å². The first-order valence-electron chi connectivity index (χ1n) is 4.72. The number of halogens is 1. The summed E-state index contributed by atoms with van der Waals surface area (Å²) >= 11 is 5.74. The number of nitrogens with two attached hydrogens (primary N) is 1. The molecule has 0 aliphatic heterocycles. The van der Waals surface area contributed by atoms with Gasteiger partial charge in [0.25, 0.3) is 0 Å². The molecule has 1 aromatic rings. The minimum atomic E-state index is -0.415. The number of anilines is 1. The fourth-order valence-electron chi connectivity index (χ4n) is 1.11. The van der Waals surface area contributed by atoms with E-state index in [4.69, 9.17) is 17.3 Å². The molecule has 6 heteroatoms. The Morgan fingerprint density at radius 2 is 2.20 bits per heavy atom. The molecular formula is C9H15ClN4O. The van der Waals surface area contributed by atoms with E-state index in [0.29, 0.717) is 5.02 Å². The molecule has 0 saturated carbocycles. The maximum absolute atomic E-state index is 11.6. The average Bonchev–Trinajstić information content (AvgIpc) is 2.44. The van der Waals surface area contributed by atoms with Crippen LogP contribution in [0.1, 0.15) is 26.8 Å². The van der Waals surface area contributed by atoms with E-state index in [9.17, 15) is 4.79 Å². The second-order valence-electron chi connectivity index (χ2n) is 3.68. The van der Waals surface area contributed by atoms with E-state index in [1.807, 2.05) is 13.8 Å². The molecule has 15 heavy (non-hydrogen) atoms. The summed E-state index contributed by atoms with van der Waals surface area (Å²) in [5.41, 5.74) is 5.48. The summed E-state index contributed by atoms with van der Waals surface area (Å²) in [4.78, 5) is 11.6. The zero-order valence-electron chi connectivity index (χ0n) is 8.99. The van der Waals surface area contributed by atoms with Crippen molar-refractivity contribution in [3.05, 3.63) is 11.2 Å². The van der Waals surface area contributed by atoms with Gasteiger partial charge in [0.05, 0.1) is 0 Å². The van der Waals surface area contributed by atoms with Crippen molar-refractivity contribution in [1.82, 2.24) is 15.1 Å². The summed E-state index contributed by atoms with van der Waals surface area (Å²) in [6.07, 6.45) is 1.54. The topological polar surface area (TPSA) is 72.9 Å². The summed E-state index contributed by atoms with van der Waals surface area (Å²) < 4.78 is 1.45. The Morgan fingerprint density at radius 3 is 2.60 bits per heavy atom. The molecule has 0 aliphatic rings. The van der Waals surface area contributed by atoms with Crippen LogP contribution in [-0.4, -0.2) is 21.7 Å². The van der Waals surface area contributed by atoms with Crippen LogP contribution in [0.5, 0.6) is 0 Å². The number of nitrogens with one attached hydrogen (secondary N) is 1. The number of amides is 1. The van der Waals surface area contributed by atoms with Gasteiger partial charge in [0.2, 0.25) is 5.91 Å². The highest BCUT2D eigenvalue weighted by Gasteiger charge is 2.17. The lowest BCUT2D eigenvalue weighted by atomic mass is 10.3. The van der Waals surface area contributed by atoms with Gasteiger partial charge in [-0.05, 0) is 20.8 Å². The van der Waals surface area contributed by atoms with Crippen LogP contribution in [0.4, 0.5) is 5.82 Å². The van der Waals surface area contributed by atoms with Crippen molar-refractivity contribution in [2.24, 2.45) is 0 Å². The van der Waals surface area contributed by atoms with Crippen LogP contribution >= 0.6 is 11.6 Å². The molecule has 3 N–H and O–H groups in total. The molecule has 1 atom stereocenters. The highest BCUT2D eigenvalue weighted by atomic mass is 35.5. The van der Waals surface area contributed by atoms with Crippen LogP contribution in [0.2, 0.25) is 5.02 Å². The third kappa shape index (κ3) is 2.86. The van der Waals surface area contributed by atoms with E-state index in [2.05, 4.69) is 10.4 Å². The highest BCUT2D eigenvalue weighted by Crippen LogP contribution is 2.18. The van der Waals surface area contributed by atoms with Crippen LogP contribution in [-0.2, 0) is 4.79 Å². The van der Waals surface area contributed by atoms with Gasteiger partial charge in [-0.2, -0.15) is 5.10 Å². The largest absolute Gasteiger partial charge is 0.381 e. The van der Waals surface area contributed by atoms with E-state index in [0.717, 1.165) is 0 Å². The molecule has 1 unspecified atom stereocenters. The number of hydrogen-bond donors (Lipinski definition) is 2. The number of nitrogen functional groups attached to an aromatic ring is 1. The number of carbonyl (C=O) groups excluding carboxylic acids is 1. The van der Waals surface area contributed by atoms with Gasteiger partial charge >= 0.3 is 0 Å². The maximum Gasteiger partial charge on any atom is 0.244 e. The van der Waals surface area contributed by atoms with Gasteiger partial charge in [-0.25, -0.2) is 0 Å². The Labute approximate surface area is 93.6 Å². The SMILES string of the molecule is CC(C)NC(=O)C(C)n1cc(Cl)c(N)n1. The second kappa shape index (κ2) is 4.53. The minimum Gasteiger partial charge on any atom is -0.381 e. The lowest BCUT2D eigenvalue weighted by Crippen LogP contribution is -2.35. The molecule has 0 spiro atoms. The predicted octanol–water partition coefficient (Wildman–Crippen LogP) is 1.20. The predicted molar refractivity (Wildman–Crippen MR) is 59.6 cm³/mol. The van der Waals surface area contributed by atoms with E-state index in [-0.39, 0.29) is 17.8 Å². The molecular weight excluding hydrogens is 216 g/mol. The van der Waals surface area contributed by atoms with Gasteiger partial charge < -0.3 is 11.1 Å². The maximum atomic E-state index is 11.6. The molecule has 1 aromatic heterocycles. The molecule has 0 aromatic carbocycles. The molecule has 0 fully saturated rings. The van der Waals surface area contributed by atoms with Gasteiger partial charge in [0.1, 0.15) is 11.1 Å². The molecule has 0 aliphatic carbocycles. The molecule has 0 bridgehead atoms. The zero-order valence-corrected chi connectivity index (χ0v) is 9.75. The van der Waals surface area contributed by atoms with Crippen molar-refractivity contribution < 1.29 is 4.79 Å². The Bertz CT molecular complexity index is 341. The third-order valence-electron chi connectivity index (χ3n) is 1.92. The monoisotopic (exact) mass is 230 g/mol. The Morgan fingerprint density at radius 1 is 1.60 bits per heavy atom. The van der Waals surface area contributed by atoms with Crippen LogP contribution in [0.3, 0.4) is 0 Å². The van der Waals surface area contributed by atoms with E-state index in [1.165, 1.54) is 4.68 Å². The smallest absolute Gasteiger partial charge is 0.244 e. The van der Waals surface area contributed by atoms with Crippen molar-refractivity contribution in [3.63, 3.8) is 0 Å². The van der Waals surface area contributed by atoms with E-state index >= 15 is 0 Å². The summed E-state index contributed by atoms with van der Waals surface area (Å²) in [5, 5.41) is 7.09. The standard InChI is InChI=1S/C9H15ClN4O/c1-5(2)12-9(15)6(3)14-4-7(10)8(11)13-14/h4-6H,1-3H3,(H2,11,13)(H,12,15). The van der Waals surface area contributed by atoms with Crippen LogP contribution in [0.15, 0.2) is 6.20 Å². The average molecular weight is 231 g/mol. The quantitative estimate of drug-likeness (QED) is 0.820. The summed E-state index contributed by atoms with van der Waals surface area (Å²) in [6.45, 7) is 5.53. The first-order valence-corrected chi connectivity index (χ1v) is 5.10. The Hall–Kier alpha value is -1.23. The second-order valence-corrected chi connectivity index (χ2v) is 4.09. The summed E-state index contributed by atoms with van der Waals surface area (Å²) in [7, 11) is 0. The van der Waals surface area contributed by atoms with Crippen molar-refractivity contribution in [2.75, 3.05) is 5.73 Å². The Kier molecular flexibility index (Phi) is 3.57. The summed E-state index contributed by atoms with van der Waals surface area (Å²) in [5.74, 6) is 0.130. The molecule has 84 valence electrons. The lowest BCUT2D eigenvalue weighted by molar-refractivity contribution is -0.124. The Balaban J connectivity index is 2.76. The summed E-state index contributed by atoms with van der Waals surface area (Å²) in [6, 6.07) is -0.314. The van der Waals surface area contributed by atoms with Crippen LogP contribution in [0.25, 0.3) is 0 Å². The van der Waals surface area contributed by atoms with Gasteiger partial charge in [-0.1, -0.05) is 11.6 Å². The lowest BCUT2D eigenvalue weighted by Gasteiger charge is -2.14. The number of aromatic nitrogens is 2. The van der Waals surface area contributed by atoms with Crippen molar-refractivity contribution in [3.8, 4) is 0 Å². The molecule has 0 radical (unpaired) electrons. The highest BCUT2D eigenvalue weighted by molar-refractivity contribution is 6.32. The molecule has 1 amide bonds. The first-order chi connectivity index (χ1) is 6.91. The number of rotatable bonds is 3. The van der Waals surface area contributed by atoms with Crippen LogP contribution < -0.4 is 11.1 Å². The fraction of sp³-hybridized carbons (Fsp3) is 0.556. The molecule has 0 saturated heterocycles. The fourth-order valence-corrected chi connectivity index (χ4v) is 1.24. The van der Waals surface area contributed by atoms with Crippen molar-refractivity contribution >= 4 is 23.3 Å². The number of carbonyl (C=O) groups is 1. The molecule has 1 heterocycles. The normalized spacial score (nSPS) is 12.9. The van der Waals surface area contributed by atoms with Gasteiger partial charge in [-0.3, -0.25) is 9.48 Å². The van der Waals surface area contributed by atoms with Gasteiger partial charge in [0, 0.05) is 12.2 Å².